The number of carbonyl (C=O) groups is 2. The first-order chi connectivity index (χ1) is 17.4. The number of rotatable bonds is 10. The highest BCUT2D eigenvalue weighted by Crippen LogP contribution is 2.30. The highest BCUT2D eigenvalue weighted by molar-refractivity contribution is 7.21. The number of benzene rings is 3. The van der Waals surface area contributed by atoms with Crippen LogP contribution in [0.3, 0.4) is 0 Å². The van der Waals surface area contributed by atoms with Gasteiger partial charge in [0, 0.05) is 30.9 Å². The molecule has 8 heteroatoms. The molecule has 0 saturated carbocycles. The Morgan fingerprint density at radius 1 is 0.917 bits per heavy atom. The molecule has 1 aromatic heterocycles. The van der Waals surface area contributed by atoms with Crippen molar-refractivity contribution in [1.29, 1.82) is 0 Å². The van der Waals surface area contributed by atoms with E-state index < -0.39 is 0 Å². The van der Waals surface area contributed by atoms with Gasteiger partial charge in [0.25, 0.3) is 0 Å². The molecule has 0 spiro atoms. The summed E-state index contributed by atoms with van der Waals surface area (Å²) in [5.41, 5.74) is 4.46. The summed E-state index contributed by atoms with van der Waals surface area (Å²) in [6, 6.07) is 23.3. The van der Waals surface area contributed by atoms with Gasteiger partial charge < -0.3 is 15.0 Å². The average Bonchev–Trinajstić information content (AvgIpc) is 3.32. The van der Waals surface area contributed by atoms with Crippen molar-refractivity contribution in [3.8, 4) is 10.6 Å². The second-order valence-corrected chi connectivity index (χ2v) is 9.81. The van der Waals surface area contributed by atoms with E-state index >= 15 is 0 Å². The maximum absolute atomic E-state index is 12.5. The van der Waals surface area contributed by atoms with Crippen LogP contribution in [0.25, 0.3) is 20.8 Å². The average molecular weight is 503 g/mol. The van der Waals surface area contributed by atoms with Gasteiger partial charge >= 0.3 is 5.97 Å². The summed E-state index contributed by atoms with van der Waals surface area (Å²) in [5, 5.41) is 3.95. The van der Waals surface area contributed by atoms with Crippen molar-refractivity contribution in [3.05, 3.63) is 83.9 Å². The van der Waals surface area contributed by atoms with Crippen LogP contribution in [0.15, 0.2) is 72.8 Å². The lowest BCUT2D eigenvalue weighted by Gasteiger charge is -2.22. The molecule has 0 unspecified atom stereocenters. The molecule has 0 fully saturated rings. The standard InChI is InChI=1S/C28H30N4O3S/c1-31(18-20-8-10-22(11-9-20)28(34)35-3)16-17-32(2)19-26(33)29-23-14-12-21(13-15-23)27-30-24-6-4-5-7-25(24)36-27/h4-15H,16-19H2,1-3H3,(H,29,33). The fraction of sp³-hybridized carbons (Fsp3) is 0.250. The van der Waals surface area contributed by atoms with E-state index in [0.717, 1.165) is 51.7 Å². The minimum absolute atomic E-state index is 0.0497. The number of likely N-dealkylation sites (N-methyl/N-ethyl adjacent to an activating group) is 2. The van der Waals surface area contributed by atoms with E-state index in [2.05, 4.69) is 16.3 Å². The van der Waals surface area contributed by atoms with Crippen LogP contribution in [0.5, 0.6) is 0 Å². The molecule has 4 rings (SSSR count). The molecule has 3 aromatic carbocycles. The Balaban J connectivity index is 1.21. The third kappa shape index (κ3) is 6.75. The van der Waals surface area contributed by atoms with Gasteiger partial charge in [-0.1, -0.05) is 24.3 Å². The van der Waals surface area contributed by atoms with Gasteiger partial charge in [0.15, 0.2) is 0 Å². The Kier molecular flexibility index (Phi) is 8.43. The molecule has 0 aliphatic carbocycles. The van der Waals surface area contributed by atoms with Crippen LogP contribution in [0.1, 0.15) is 15.9 Å². The molecular weight excluding hydrogens is 472 g/mol. The predicted octanol–water partition coefficient (Wildman–Crippen LogP) is 4.75. The quantitative estimate of drug-likeness (QED) is 0.316. The van der Waals surface area contributed by atoms with Crippen molar-refractivity contribution < 1.29 is 14.3 Å². The number of aromatic nitrogens is 1. The Morgan fingerprint density at radius 3 is 2.31 bits per heavy atom. The van der Waals surface area contributed by atoms with Gasteiger partial charge in [-0.2, -0.15) is 0 Å². The zero-order chi connectivity index (χ0) is 25.5. The minimum atomic E-state index is -0.334. The van der Waals surface area contributed by atoms with Crippen LogP contribution in [-0.2, 0) is 16.1 Å². The number of para-hydroxylation sites is 1. The number of methoxy groups -OCH3 is 1. The first kappa shape index (κ1) is 25.5. The van der Waals surface area contributed by atoms with Crippen LogP contribution >= 0.6 is 11.3 Å². The monoisotopic (exact) mass is 502 g/mol. The number of thiazole rings is 1. The number of fused-ring (bicyclic) bond motifs is 1. The molecular formula is C28H30N4O3S. The van der Waals surface area contributed by atoms with Crippen LogP contribution < -0.4 is 5.32 Å². The van der Waals surface area contributed by atoms with Crippen LogP contribution in [0.2, 0.25) is 0 Å². The Hall–Kier alpha value is -3.59. The summed E-state index contributed by atoms with van der Waals surface area (Å²) >= 11 is 1.66. The lowest BCUT2D eigenvalue weighted by atomic mass is 10.1. The van der Waals surface area contributed by atoms with Crippen molar-refractivity contribution in [2.75, 3.05) is 46.2 Å². The summed E-state index contributed by atoms with van der Waals surface area (Å²) < 4.78 is 5.90. The number of esters is 1. The summed E-state index contributed by atoms with van der Waals surface area (Å²) in [6.45, 7) is 2.61. The molecule has 0 saturated heterocycles. The molecule has 7 nitrogen and oxygen atoms in total. The van der Waals surface area contributed by atoms with E-state index in [1.165, 1.54) is 7.11 Å². The van der Waals surface area contributed by atoms with E-state index in [9.17, 15) is 9.59 Å². The summed E-state index contributed by atoms with van der Waals surface area (Å²) in [6.07, 6.45) is 0. The maximum atomic E-state index is 12.5. The molecule has 4 aromatic rings. The van der Waals surface area contributed by atoms with Crippen molar-refractivity contribution >= 4 is 39.1 Å². The largest absolute Gasteiger partial charge is 0.465 e. The molecule has 1 N–H and O–H groups in total. The molecule has 0 aliphatic heterocycles. The number of ether oxygens (including phenoxy) is 1. The van der Waals surface area contributed by atoms with E-state index in [1.54, 1.807) is 23.5 Å². The molecule has 186 valence electrons. The molecule has 36 heavy (non-hydrogen) atoms. The number of hydrogen-bond donors (Lipinski definition) is 1. The highest BCUT2D eigenvalue weighted by atomic mass is 32.1. The van der Waals surface area contributed by atoms with Crippen molar-refractivity contribution in [2.24, 2.45) is 0 Å². The van der Waals surface area contributed by atoms with E-state index in [0.29, 0.717) is 12.1 Å². The Bertz CT molecular complexity index is 1290. The third-order valence-corrected chi connectivity index (χ3v) is 6.90. The second-order valence-electron chi connectivity index (χ2n) is 8.78. The Morgan fingerprint density at radius 2 is 1.61 bits per heavy atom. The molecule has 0 bridgehead atoms. The van der Waals surface area contributed by atoms with E-state index in [-0.39, 0.29) is 11.9 Å². The zero-order valence-corrected chi connectivity index (χ0v) is 21.5. The summed E-state index contributed by atoms with van der Waals surface area (Å²) in [5.74, 6) is -0.384. The summed E-state index contributed by atoms with van der Waals surface area (Å²) in [7, 11) is 5.35. The van der Waals surface area contributed by atoms with E-state index in [4.69, 9.17) is 9.72 Å². The number of nitrogens with zero attached hydrogens (tertiary/aromatic N) is 3. The minimum Gasteiger partial charge on any atom is -0.465 e. The van der Waals surface area contributed by atoms with Gasteiger partial charge in [0.05, 0.1) is 29.4 Å². The van der Waals surface area contributed by atoms with Gasteiger partial charge in [0.2, 0.25) is 5.91 Å². The fourth-order valence-corrected chi connectivity index (χ4v) is 4.78. The smallest absolute Gasteiger partial charge is 0.337 e. The molecule has 1 amide bonds. The molecule has 0 aliphatic rings. The SMILES string of the molecule is COC(=O)c1ccc(CN(C)CCN(C)CC(=O)Nc2ccc(-c3nc4ccccc4s3)cc2)cc1. The number of carbonyl (C=O) groups excluding carboxylic acids is 2. The lowest BCUT2D eigenvalue weighted by Crippen LogP contribution is -2.35. The van der Waals surface area contributed by atoms with Crippen LogP contribution in [-0.4, -0.2) is 67.5 Å². The second kappa shape index (κ2) is 11.9. The van der Waals surface area contributed by atoms with Crippen molar-refractivity contribution in [2.45, 2.75) is 6.54 Å². The first-order valence-corrected chi connectivity index (χ1v) is 12.5. The molecule has 0 radical (unpaired) electrons. The van der Waals surface area contributed by atoms with Crippen LogP contribution in [0, 0.1) is 0 Å². The highest BCUT2D eigenvalue weighted by Gasteiger charge is 2.11. The third-order valence-electron chi connectivity index (χ3n) is 5.81. The van der Waals surface area contributed by atoms with Gasteiger partial charge in [-0.25, -0.2) is 9.78 Å². The van der Waals surface area contributed by atoms with Gasteiger partial charge in [0.1, 0.15) is 5.01 Å². The van der Waals surface area contributed by atoms with Gasteiger partial charge in [-0.15, -0.1) is 11.3 Å². The first-order valence-electron chi connectivity index (χ1n) is 11.7. The fourth-order valence-electron chi connectivity index (χ4n) is 3.81. The lowest BCUT2D eigenvalue weighted by molar-refractivity contribution is -0.117. The van der Waals surface area contributed by atoms with E-state index in [1.807, 2.05) is 73.6 Å². The van der Waals surface area contributed by atoms with Gasteiger partial charge in [-0.3, -0.25) is 9.69 Å². The maximum Gasteiger partial charge on any atom is 0.337 e. The number of hydrogen-bond acceptors (Lipinski definition) is 7. The summed E-state index contributed by atoms with van der Waals surface area (Å²) in [4.78, 5) is 33.0. The molecule has 0 atom stereocenters. The van der Waals surface area contributed by atoms with Gasteiger partial charge in [-0.05, 0) is 68.2 Å². The van der Waals surface area contributed by atoms with Crippen molar-refractivity contribution in [1.82, 2.24) is 14.8 Å². The Labute approximate surface area is 215 Å². The normalized spacial score (nSPS) is 11.2. The number of nitrogens with one attached hydrogen (secondary N) is 1. The predicted molar refractivity (Wildman–Crippen MR) is 145 cm³/mol. The van der Waals surface area contributed by atoms with Crippen LogP contribution in [0.4, 0.5) is 5.69 Å². The number of anilines is 1. The number of amides is 1. The zero-order valence-electron chi connectivity index (χ0n) is 20.7. The van der Waals surface area contributed by atoms with Crippen molar-refractivity contribution in [3.63, 3.8) is 0 Å². The topological polar surface area (TPSA) is 74.8 Å². The molecule has 1 heterocycles.